The summed E-state index contributed by atoms with van der Waals surface area (Å²) in [5, 5.41) is 19.3. The average molecular weight is 208 g/mol. The van der Waals surface area contributed by atoms with Crippen molar-refractivity contribution in [2.75, 3.05) is 0 Å². The van der Waals surface area contributed by atoms with E-state index in [9.17, 15) is 9.90 Å². The fraction of sp³-hybridized carbons (Fsp3) is 0.100. The van der Waals surface area contributed by atoms with Crippen LogP contribution in [-0.2, 0) is 6.61 Å². The van der Waals surface area contributed by atoms with Gasteiger partial charge in [-0.2, -0.15) is 0 Å². The first-order valence-electron chi connectivity index (χ1n) is 4.06. The molecular formula is C10H8O3S. The first-order chi connectivity index (χ1) is 6.74. The first kappa shape index (κ1) is 9.18. The second-order valence-corrected chi connectivity index (χ2v) is 4.08. The maximum Gasteiger partial charge on any atom is 0.150 e. The number of carbonyl (C=O) groups excluding carboxylic acids is 1. The molecule has 2 N–H and O–H groups in total. The minimum atomic E-state index is -0.0464. The maximum atomic E-state index is 10.5. The second kappa shape index (κ2) is 3.40. The van der Waals surface area contributed by atoms with Gasteiger partial charge in [-0.3, -0.25) is 4.79 Å². The Bertz CT molecular complexity index is 487. The summed E-state index contributed by atoms with van der Waals surface area (Å²) in [5.74, 6) is 0.0919. The lowest BCUT2D eigenvalue weighted by Gasteiger charge is -1.95. The number of aldehydes is 1. The molecule has 0 bridgehead atoms. The van der Waals surface area contributed by atoms with Gasteiger partial charge in [-0.15, -0.1) is 11.3 Å². The Kier molecular flexibility index (Phi) is 2.23. The molecule has 1 aromatic carbocycles. The van der Waals surface area contributed by atoms with Crippen molar-refractivity contribution in [3.8, 4) is 5.75 Å². The number of aliphatic hydroxyl groups excluding tert-OH is 1. The Hall–Kier alpha value is -1.39. The molecule has 2 rings (SSSR count). The second-order valence-electron chi connectivity index (χ2n) is 2.95. The van der Waals surface area contributed by atoms with Gasteiger partial charge in [0.15, 0.2) is 0 Å². The minimum absolute atomic E-state index is 0.0464. The van der Waals surface area contributed by atoms with Crippen LogP contribution >= 0.6 is 11.3 Å². The molecule has 72 valence electrons. The van der Waals surface area contributed by atoms with Crippen LogP contribution in [0.2, 0.25) is 0 Å². The van der Waals surface area contributed by atoms with E-state index in [0.717, 1.165) is 10.3 Å². The van der Waals surface area contributed by atoms with Crippen LogP contribution in [0.3, 0.4) is 0 Å². The van der Waals surface area contributed by atoms with Gasteiger partial charge < -0.3 is 10.2 Å². The highest BCUT2D eigenvalue weighted by atomic mass is 32.1. The van der Waals surface area contributed by atoms with Crippen LogP contribution in [0.25, 0.3) is 10.1 Å². The van der Waals surface area contributed by atoms with Crippen LogP contribution in [0, 0.1) is 0 Å². The normalized spacial score (nSPS) is 10.6. The van der Waals surface area contributed by atoms with E-state index in [1.54, 1.807) is 12.1 Å². The zero-order valence-electron chi connectivity index (χ0n) is 7.23. The third kappa shape index (κ3) is 1.38. The zero-order chi connectivity index (χ0) is 10.1. The molecule has 0 spiro atoms. The van der Waals surface area contributed by atoms with Crippen molar-refractivity contribution in [1.29, 1.82) is 0 Å². The van der Waals surface area contributed by atoms with E-state index in [1.165, 1.54) is 17.4 Å². The standard InChI is InChI=1S/C10H8O3S/c11-4-6-1-7-3-8(5-12)14-10(7)9(13)2-6/h1-4,12-13H,5H2. The van der Waals surface area contributed by atoms with Gasteiger partial charge in [-0.25, -0.2) is 0 Å². The number of carbonyl (C=O) groups is 1. The Morgan fingerprint density at radius 3 is 2.79 bits per heavy atom. The Morgan fingerprint density at radius 2 is 2.14 bits per heavy atom. The number of hydrogen-bond acceptors (Lipinski definition) is 4. The fourth-order valence-corrected chi connectivity index (χ4v) is 2.27. The number of aromatic hydroxyl groups is 1. The molecule has 0 radical (unpaired) electrons. The van der Waals surface area contributed by atoms with Gasteiger partial charge in [0.25, 0.3) is 0 Å². The van der Waals surface area contributed by atoms with Crippen molar-refractivity contribution in [2.45, 2.75) is 6.61 Å². The molecule has 0 saturated carbocycles. The summed E-state index contributed by atoms with van der Waals surface area (Å²) in [6.45, 7) is -0.0464. The molecule has 4 heteroatoms. The molecule has 0 aliphatic heterocycles. The predicted octanol–water partition coefficient (Wildman–Crippen LogP) is 1.91. The Balaban J connectivity index is 2.73. The van der Waals surface area contributed by atoms with Crippen molar-refractivity contribution in [3.05, 3.63) is 28.6 Å². The van der Waals surface area contributed by atoms with Gasteiger partial charge in [0.05, 0.1) is 11.3 Å². The van der Waals surface area contributed by atoms with Crippen molar-refractivity contribution in [2.24, 2.45) is 0 Å². The largest absolute Gasteiger partial charge is 0.506 e. The van der Waals surface area contributed by atoms with Crippen LogP contribution in [0.1, 0.15) is 15.2 Å². The van der Waals surface area contributed by atoms with E-state index >= 15 is 0 Å². The van der Waals surface area contributed by atoms with Crippen LogP contribution in [0.5, 0.6) is 5.75 Å². The maximum absolute atomic E-state index is 10.5. The monoisotopic (exact) mass is 208 g/mol. The van der Waals surface area contributed by atoms with E-state index in [-0.39, 0.29) is 12.4 Å². The number of rotatable bonds is 2. The molecule has 0 atom stereocenters. The molecule has 2 aromatic rings. The van der Waals surface area contributed by atoms with Crippen molar-refractivity contribution >= 4 is 27.7 Å². The van der Waals surface area contributed by atoms with Gasteiger partial charge in [-0.1, -0.05) is 0 Å². The summed E-state index contributed by atoms with van der Waals surface area (Å²) in [5.41, 5.74) is 0.442. The van der Waals surface area contributed by atoms with Crippen molar-refractivity contribution in [1.82, 2.24) is 0 Å². The topological polar surface area (TPSA) is 57.5 Å². The lowest BCUT2D eigenvalue weighted by molar-refractivity contribution is 0.112. The molecule has 1 aromatic heterocycles. The fourth-order valence-electron chi connectivity index (χ4n) is 1.36. The van der Waals surface area contributed by atoms with E-state index in [1.807, 2.05) is 0 Å². The summed E-state index contributed by atoms with van der Waals surface area (Å²) in [4.78, 5) is 11.3. The lowest BCUT2D eigenvalue weighted by atomic mass is 10.1. The van der Waals surface area contributed by atoms with E-state index < -0.39 is 0 Å². The van der Waals surface area contributed by atoms with Crippen LogP contribution in [-0.4, -0.2) is 16.5 Å². The summed E-state index contributed by atoms with van der Waals surface area (Å²) in [6.07, 6.45) is 0.690. The highest BCUT2D eigenvalue weighted by molar-refractivity contribution is 7.19. The highest BCUT2D eigenvalue weighted by Gasteiger charge is 2.07. The average Bonchev–Trinajstić information content (AvgIpc) is 2.61. The summed E-state index contributed by atoms with van der Waals surface area (Å²) < 4.78 is 0.708. The van der Waals surface area contributed by atoms with Gasteiger partial charge >= 0.3 is 0 Å². The third-order valence-electron chi connectivity index (χ3n) is 1.96. The first-order valence-corrected chi connectivity index (χ1v) is 4.87. The number of thiophene rings is 1. The van der Waals surface area contributed by atoms with Crippen molar-refractivity contribution < 1.29 is 15.0 Å². The van der Waals surface area contributed by atoms with Gasteiger partial charge in [0, 0.05) is 10.4 Å². The van der Waals surface area contributed by atoms with E-state index in [0.29, 0.717) is 16.5 Å². The summed E-state index contributed by atoms with van der Waals surface area (Å²) >= 11 is 1.33. The number of benzene rings is 1. The van der Waals surface area contributed by atoms with Gasteiger partial charge in [0.1, 0.15) is 12.0 Å². The van der Waals surface area contributed by atoms with Crippen LogP contribution < -0.4 is 0 Å². The predicted molar refractivity (Wildman–Crippen MR) is 54.8 cm³/mol. The number of phenolic OH excluding ortho intramolecular Hbond substituents is 1. The molecular weight excluding hydrogens is 200 g/mol. The molecule has 3 nitrogen and oxygen atoms in total. The van der Waals surface area contributed by atoms with Crippen LogP contribution in [0.15, 0.2) is 18.2 Å². The third-order valence-corrected chi connectivity index (χ3v) is 3.12. The quantitative estimate of drug-likeness (QED) is 0.741. The Morgan fingerprint density at radius 1 is 1.36 bits per heavy atom. The number of phenols is 1. The molecule has 0 fully saturated rings. The van der Waals surface area contributed by atoms with E-state index in [2.05, 4.69) is 0 Å². The summed E-state index contributed by atoms with van der Waals surface area (Å²) in [6, 6.07) is 4.89. The molecule has 0 aliphatic carbocycles. The van der Waals surface area contributed by atoms with Gasteiger partial charge in [0.2, 0.25) is 0 Å². The Labute approximate surface area is 84.2 Å². The number of aliphatic hydroxyl groups is 1. The smallest absolute Gasteiger partial charge is 0.150 e. The zero-order valence-corrected chi connectivity index (χ0v) is 8.04. The van der Waals surface area contributed by atoms with Gasteiger partial charge in [-0.05, 0) is 23.6 Å². The molecule has 0 saturated heterocycles. The molecule has 14 heavy (non-hydrogen) atoms. The lowest BCUT2D eigenvalue weighted by Crippen LogP contribution is -1.77. The molecule has 1 heterocycles. The minimum Gasteiger partial charge on any atom is -0.506 e. The van der Waals surface area contributed by atoms with E-state index in [4.69, 9.17) is 5.11 Å². The van der Waals surface area contributed by atoms with Crippen LogP contribution in [0.4, 0.5) is 0 Å². The number of hydrogen-bond donors (Lipinski definition) is 2. The highest BCUT2D eigenvalue weighted by Crippen LogP contribution is 2.33. The molecule has 0 amide bonds. The SMILES string of the molecule is O=Cc1cc(O)c2sc(CO)cc2c1. The van der Waals surface area contributed by atoms with Crippen molar-refractivity contribution in [3.63, 3.8) is 0 Å². The molecule has 0 unspecified atom stereocenters. The molecule has 0 aliphatic rings. The summed E-state index contributed by atoms with van der Waals surface area (Å²) in [7, 11) is 0. The number of fused-ring (bicyclic) bond motifs is 1.